The quantitative estimate of drug-likeness (QED) is 0.798. The third kappa shape index (κ3) is 2.53. The molecule has 102 valence electrons. The monoisotopic (exact) mass is 283 g/mol. The minimum absolute atomic E-state index is 0.462. The van der Waals surface area contributed by atoms with Crippen LogP contribution < -0.4 is 10.6 Å². The maximum Gasteiger partial charge on any atom is 0.0726 e. The van der Waals surface area contributed by atoms with Gasteiger partial charge in [0.2, 0.25) is 0 Å². The molecule has 3 nitrogen and oxygen atoms in total. The Kier molecular flexibility index (Phi) is 3.67. The normalized spacial score (nSPS) is 10.9. The van der Waals surface area contributed by atoms with Crippen LogP contribution in [0.2, 0.25) is 0 Å². The van der Waals surface area contributed by atoms with E-state index in [-0.39, 0.29) is 0 Å². The lowest BCUT2D eigenvalue weighted by atomic mass is 10.1. The zero-order valence-electron chi connectivity index (χ0n) is 11.4. The molecule has 2 heterocycles. The van der Waals surface area contributed by atoms with Crippen molar-refractivity contribution in [3.05, 3.63) is 58.4 Å². The summed E-state index contributed by atoms with van der Waals surface area (Å²) in [6.07, 6.45) is 0. The van der Waals surface area contributed by atoms with Crippen molar-refractivity contribution in [2.24, 2.45) is 5.73 Å². The average molecular weight is 283 g/mol. The molecule has 20 heavy (non-hydrogen) atoms. The van der Waals surface area contributed by atoms with E-state index in [9.17, 15) is 0 Å². The predicted octanol–water partition coefficient (Wildman–Crippen LogP) is 3.39. The van der Waals surface area contributed by atoms with E-state index >= 15 is 0 Å². The summed E-state index contributed by atoms with van der Waals surface area (Å²) >= 11 is 1.73. The summed E-state index contributed by atoms with van der Waals surface area (Å²) < 4.78 is 0. The molecular weight excluding hydrogens is 266 g/mol. The standard InChI is InChI=1S/C16H17N3S/c1-19(10-12-6-7-20-11-12)16-8-13(9-17)18-15-5-3-2-4-14(15)16/h2-8,11H,9-10,17H2,1H3. The first-order valence-electron chi connectivity index (χ1n) is 6.59. The van der Waals surface area contributed by atoms with Gasteiger partial charge in [0.1, 0.15) is 0 Å². The molecule has 4 heteroatoms. The van der Waals surface area contributed by atoms with Gasteiger partial charge in [0.15, 0.2) is 0 Å². The van der Waals surface area contributed by atoms with E-state index in [0.717, 1.165) is 17.8 Å². The predicted molar refractivity (Wildman–Crippen MR) is 86.1 cm³/mol. The summed E-state index contributed by atoms with van der Waals surface area (Å²) in [6, 6.07) is 12.5. The lowest BCUT2D eigenvalue weighted by Gasteiger charge is -2.21. The molecule has 0 saturated carbocycles. The van der Waals surface area contributed by atoms with E-state index in [1.54, 1.807) is 11.3 Å². The highest BCUT2D eigenvalue weighted by Crippen LogP contribution is 2.27. The molecule has 3 rings (SSSR count). The third-order valence-corrected chi connectivity index (χ3v) is 4.10. The summed E-state index contributed by atoms with van der Waals surface area (Å²) in [5.41, 5.74) is 10.2. The van der Waals surface area contributed by atoms with Gasteiger partial charge < -0.3 is 10.6 Å². The van der Waals surface area contributed by atoms with Crippen LogP contribution in [-0.4, -0.2) is 12.0 Å². The van der Waals surface area contributed by atoms with Crippen molar-refractivity contribution >= 4 is 27.9 Å². The van der Waals surface area contributed by atoms with Crippen molar-refractivity contribution in [1.82, 2.24) is 4.98 Å². The van der Waals surface area contributed by atoms with Crippen LogP contribution in [0.5, 0.6) is 0 Å². The highest BCUT2D eigenvalue weighted by atomic mass is 32.1. The Bertz CT molecular complexity index is 707. The van der Waals surface area contributed by atoms with Crippen molar-refractivity contribution < 1.29 is 0 Å². The summed E-state index contributed by atoms with van der Waals surface area (Å²) in [5.74, 6) is 0. The number of para-hydroxylation sites is 1. The Balaban J connectivity index is 2.04. The number of nitrogens with zero attached hydrogens (tertiary/aromatic N) is 2. The lowest BCUT2D eigenvalue weighted by molar-refractivity contribution is 0.922. The Hall–Kier alpha value is -1.91. The number of rotatable bonds is 4. The molecule has 0 radical (unpaired) electrons. The van der Waals surface area contributed by atoms with Crippen LogP contribution >= 0.6 is 11.3 Å². The van der Waals surface area contributed by atoms with Crippen LogP contribution in [-0.2, 0) is 13.1 Å². The fraction of sp³-hybridized carbons (Fsp3) is 0.188. The van der Waals surface area contributed by atoms with Crippen molar-refractivity contribution in [1.29, 1.82) is 0 Å². The van der Waals surface area contributed by atoms with E-state index in [2.05, 4.69) is 45.9 Å². The number of fused-ring (bicyclic) bond motifs is 1. The van der Waals surface area contributed by atoms with Crippen molar-refractivity contribution in [3.8, 4) is 0 Å². The van der Waals surface area contributed by atoms with Gasteiger partial charge in [-0.3, -0.25) is 4.98 Å². The van der Waals surface area contributed by atoms with E-state index < -0.39 is 0 Å². The van der Waals surface area contributed by atoms with E-state index in [1.165, 1.54) is 16.6 Å². The van der Waals surface area contributed by atoms with Gasteiger partial charge in [-0.25, -0.2) is 0 Å². The molecular formula is C16H17N3S. The minimum Gasteiger partial charge on any atom is -0.370 e. The van der Waals surface area contributed by atoms with Crippen molar-refractivity contribution in [3.63, 3.8) is 0 Å². The second kappa shape index (κ2) is 5.61. The number of benzene rings is 1. The van der Waals surface area contributed by atoms with Crippen LogP contribution in [0.15, 0.2) is 47.2 Å². The molecule has 3 aromatic rings. The zero-order valence-corrected chi connectivity index (χ0v) is 12.2. The summed E-state index contributed by atoms with van der Waals surface area (Å²) in [4.78, 5) is 6.84. The number of nitrogens with two attached hydrogens (primary N) is 1. The third-order valence-electron chi connectivity index (χ3n) is 3.37. The van der Waals surface area contributed by atoms with Gasteiger partial charge >= 0.3 is 0 Å². The van der Waals surface area contributed by atoms with Crippen LogP contribution in [0.4, 0.5) is 5.69 Å². The highest BCUT2D eigenvalue weighted by molar-refractivity contribution is 7.07. The van der Waals surface area contributed by atoms with Gasteiger partial charge in [-0.15, -0.1) is 0 Å². The largest absolute Gasteiger partial charge is 0.370 e. The molecule has 0 fully saturated rings. The molecule has 0 aliphatic heterocycles. The molecule has 1 aromatic carbocycles. The van der Waals surface area contributed by atoms with Crippen LogP contribution in [0, 0.1) is 0 Å². The van der Waals surface area contributed by atoms with Gasteiger partial charge in [-0.05, 0) is 34.5 Å². The number of thiophene rings is 1. The number of aromatic nitrogens is 1. The maximum absolute atomic E-state index is 5.77. The average Bonchev–Trinajstić information content (AvgIpc) is 2.98. The minimum atomic E-state index is 0.462. The summed E-state index contributed by atoms with van der Waals surface area (Å²) in [6.45, 7) is 1.35. The molecule has 0 aliphatic carbocycles. The van der Waals surface area contributed by atoms with Gasteiger partial charge in [-0.2, -0.15) is 11.3 Å². The second-order valence-corrected chi connectivity index (χ2v) is 5.62. The van der Waals surface area contributed by atoms with Crippen molar-refractivity contribution in [2.45, 2.75) is 13.1 Å². The van der Waals surface area contributed by atoms with E-state index in [1.807, 2.05) is 18.2 Å². The SMILES string of the molecule is CN(Cc1ccsc1)c1cc(CN)nc2ccccc12. The number of hydrogen-bond acceptors (Lipinski definition) is 4. The van der Waals surface area contributed by atoms with Gasteiger partial charge in [-0.1, -0.05) is 18.2 Å². The first-order valence-corrected chi connectivity index (χ1v) is 7.53. The molecule has 0 atom stereocenters. The lowest BCUT2D eigenvalue weighted by Crippen LogP contribution is -2.17. The number of pyridine rings is 1. The number of hydrogen-bond donors (Lipinski definition) is 1. The maximum atomic E-state index is 5.77. The molecule has 0 bridgehead atoms. The smallest absolute Gasteiger partial charge is 0.0726 e. The molecule has 2 N–H and O–H groups in total. The fourth-order valence-electron chi connectivity index (χ4n) is 2.37. The molecule has 0 unspecified atom stereocenters. The fourth-order valence-corrected chi connectivity index (χ4v) is 3.03. The van der Waals surface area contributed by atoms with Gasteiger partial charge in [0, 0.05) is 31.2 Å². The first-order chi connectivity index (χ1) is 9.78. The van der Waals surface area contributed by atoms with Gasteiger partial charge in [0.25, 0.3) is 0 Å². The Morgan fingerprint density at radius 1 is 1.25 bits per heavy atom. The van der Waals surface area contributed by atoms with Gasteiger partial charge in [0.05, 0.1) is 11.2 Å². The molecule has 0 spiro atoms. The molecule has 0 amide bonds. The number of anilines is 1. The van der Waals surface area contributed by atoms with E-state index in [4.69, 9.17) is 5.73 Å². The molecule has 0 aliphatic rings. The van der Waals surface area contributed by atoms with E-state index in [0.29, 0.717) is 6.54 Å². The zero-order chi connectivity index (χ0) is 13.9. The Morgan fingerprint density at radius 3 is 2.85 bits per heavy atom. The highest BCUT2D eigenvalue weighted by Gasteiger charge is 2.09. The Labute approximate surface area is 122 Å². The van der Waals surface area contributed by atoms with Crippen molar-refractivity contribution in [2.75, 3.05) is 11.9 Å². The topological polar surface area (TPSA) is 42.1 Å². The summed E-state index contributed by atoms with van der Waals surface area (Å²) in [7, 11) is 2.11. The first kappa shape index (κ1) is 13.1. The summed E-state index contributed by atoms with van der Waals surface area (Å²) in [5, 5.41) is 5.46. The molecule has 0 saturated heterocycles. The van der Waals surface area contributed by atoms with Crippen LogP contribution in [0.1, 0.15) is 11.3 Å². The van der Waals surface area contributed by atoms with Crippen LogP contribution in [0.25, 0.3) is 10.9 Å². The molecule has 2 aromatic heterocycles. The van der Waals surface area contributed by atoms with Crippen LogP contribution in [0.3, 0.4) is 0 Å². The Morgan fingerprint density at radius 2 is 2.10 bits per heavy atom. The second-order valence-electron chi connectivity index (χ2n) is 4.84.